The van der Waals surface area contributed by atoms with E-state index in [-0.39, 0.29) is 0 Å². The van der Waals surface area contributed by atoms with Crippen molar-refractivity contribution >= 4 is 5.82 Å². The molecule has 2 N–H and O–H groups in total. The van der Waals surface area contributed by atoms with Gasteiger partial charge < -0.3 is 10.6 Å². The van der Waals surface area contributed by atoms with Crippen LogP contribution in [0.3, 0.4) is 0 Å². The zero-order chi connectivity index (χ0) is 11.7. The van der Waals surface area contributed by atoms with Crippen molar-refractivity contribution in [2.24, 2.45) is 7.05 Å². The number of anilines is 1. The SMILES string of the molecule is Cn1ccc(NCc2ccc3c(c2)CNC3)n1. The summed E-state index contributed by atoms with van der Waals surface area (Å²) in [7, 11) is 1.92. The highest BCUT2D eigenvalue weighted by molar-refractivity contribution is 5.38. The number of hydrogen-bond donors (Lipinski definition) is 2. The summed E-state index contributed by atoms with van der Waals surface area (Å²) < 4.78 is 1.80. The van der Waals surface area contributed by atoms with Crippen molar-refractivity contribution in [1.82, 2.24) is 15.1 Å². The van der Waals surface area contributed by atoms with Crippen molar-refractivity contribution < 1.29 is 0 Å². The van der Waals surface area contributed by atoms with Gasteiger partial charge in [-0.05, 0) is 16.7 Å². The van der Waals surface area contributed by atoms with Gasteiger partial charge in [0.05, 0.1) is 0 Å². The van der Waals surface area contributed by atoms with Gasteiger partial charge in [-0.1, -0.05) is 18.2 Å². The molecule has 0 unspecified atom stereocenters. The van der Waals surface area contributed by atoms with E-state index in [1.54, 1.807) is 4.68 Å². The van der Waals surface area contributed by atoms with Crippen molar-refractivity contribution in [3.63, 3.8) is 0 Å². The summed E-state index contributed by atoms with van der Waals surface area (Å²) >= 11 is 0. The Balaban J connectivity index is 1.69. The van der Waals surface area contributed by atoms with E-state index < -0.39 is 0 Å². The summed E-state index contributed by atoms with van der Waals surface area (Å²) in [5.41, 5.74) is 4.15. The van der Waals surface area contributed by atoms with Gasteiger partial charge in [0.2, 0.25) is 0 Å². The number of benzene rings is 1. The van der Waals surface area contributed by atoms with E-state index in [0.29, 0.717) is 0 Å². The van der Waals surface area contributed by atoms with Crippen LogP contribution >= 0.6 is 0 Å². The number of rotatable bonds is 3. The third kappa shape index (κ3) is 2.17. The van der Waals surface area contributed by atoms with Crippen molar-refractivity contribution in [2.75, 3.05) is 5.32 Å². The lowest BCUT2D eigenvalue weighted by Gasteiger charge is -2.05. The molecule has 1 aliphatic rings. The highest BCUT2D eigenvalue weighted by Gasteiger charge is 2.09. The monoisotopic (exact) mass is 228 g/mol. The molecule has 1 aromatic heterocycles. The second kappa shape index (κ2) is 4.22. The molecule has 0 amide bonds. The lowest BCUT2D eigenvalue weighted by atomic mass is 10.1. The van der Waals surface area contributed by atoms with Gasteiger partial charge in [-0.25, -0.2) is 0 Å². The lowest BCUT2D eigenvalue weighted by Crippen LogP contribution is -2.01. The lowest BCUT2D eigenvalue weighted by molar-refractivity contribution is 0.764. The fourth-order valence-corrected chi connectivity index (χ4v) is 2.16. The van der Waals surface area contributed by atoms with Gasteiger partial charge in [0, 0.05) is 38.9 Å². The van der Waals surface area contributed by atoms with Gasteiger partial charge >= 0.3 is 0 Å². The molecule has 3 rings (SSSR count). The molecule has 88 valence electrons. The maximum Gasteiger partial charge on any atom is 0.148 e. The number of aryl methyl sites for hydroxylation is 1. The average molecular weight is 228 g/mol. The maximum atomic E-state index is 4.29. The van der Waals surface area contributed by atoms with Gasteiger partial charge in [0.1, 0.15) is 5.82 Å². The quantitative estimate of drug-likeness (QED) is 0.839. The van der Waals surface area contributed by atoms with Crippen molar-refractivity contribution in [1.29, 1.82) is 0 Å². The highest BCUT2D eigenvalue weighted by Crippen LogP contribution is 2.17. The van der Waals surface area contributed by atoms with E-state index in [9.17, 15) is 0 Å². The first-order valence-corrected chi connectivity index (χ1v) is 5.86. The number of nitrogens with one attached hydrogen (secondary N) is 2. The molecule has 1 aromatic carbocycles. The second-order valence-corrected chi connectivity index (χ2v) is 4.43. The number of nitrogens with zero attached hydrogens (tertiary/aromatic N) is 2. The minimum absolute atomic E-state index is 0.824. The predicted molar refractivity (Wildman–Crippen MR) is 67.5 cm³/mol. The molecular formula is C13H16N4. The molecule has 4 nitrogen and oxygen atoms in total. The molecule has 2 aromatic rings. The summed E-state index contributed by atoms with van der Waals surface area (Å²) in [4.78, 5) is 0. The highest BCUT2D eigenvalue weighted by atomic mass is 15.3. The summed E-state index contributed by atoms with van der Waals surface area (Å²) in [6.45, 7) is 2.82. The van der Waals surface area contributed by atoms with E-state index in [1.807, 2.05) is 19.3 Å². The van der Waals surface area contributed by atoms with Crippen LogP contribution < -0.4 is 10.6 Å². The first-order chi connectivity index (χ1) is 8.31. The Morgan fingerprint density at radius 3 is 3.00 bits per heavy atom. The summed E-state index contributed by atoms with van der Waals surface area (Å²) in [5.74, 6) is 0.922. The molecule has 1 aliphatic heterocycles. The Labute approximate surface area is 101 Å². The average Bonchev–Trinajstić information content (AvgIpc) is 2.94. The molecule has 0 radical (unpaired) electrons. The van der Waals surface area contributed by atoms with Gasteiger partial charge in [0.15, 0.2) is 0 Å². The van der Waals surface area contributed by atoms with Crippen LogP contribution in [0.2, 0.25) is 0 Å². The third-order valence-electron chi connectivity index (χ3n) is 3.09. The van der Waals surface area contributed by atoms with Gasteiger partial charge in [0.25, 0.3) is 0 Å². The van der Waals surface area contributed by atoms with Crippen LogP contribution in [0, 0.1) is 0 Å². The normalized spacial score (nSPS) is 13.7. The van der Waals surface area contributed by atoms with Gasteiger partial charge in [-0.15, -0.1) is 0 Å². The van der Waals surface area contributed by atoms with Crippen LogP contribution in [0.5, 0.6) is 0 Å². The van der Waals surface area contributed by atoms with Gasteiger partial charge in [-0.3, -0.25) is 4.68 Å². The van der Waals surface area contributed by atoms with Crippen LogP contribution in [0.15, 0.2) is 30.5 Å². The number of hydrogen-bond acceptors (Lipinski definition) is 3. The topological polar surface area (TPSA) is 41.9 Å². The Bertz CT molecular complexity index is 530. The van der Waals surface area contributed by atoms with Crippen LogP contribution in [0.4, 0.5) is 5.82 Å². The molecule has 2 heterocycles. The summed E-state index contributed by atoms with van der Waals surface area (Å²) in [6.07, 6.45) is 1.94. The smallest absolute Gasteiger partial charge is 0.148 e. The number of aromatic nitrogens is 2. The molecule has 0 aliphatic carbocycles. The Morgan fingerprint density at radius 1 is 1.29 bits per heavy atom. The van der Waals surface area contributed by atoms with E-state index in [0.717, 1.165) is 25.5 Å². The van der Waals surface area contributed by atoms with Crippen LogP contribution in [0.1, 0.15) is 16.7 Å². The molecule has 0 bridgehead atoms. The molecule has 0 spiro atoms. The van der Waals surface area contributed by atoms with Crippen molar-refractivity contribution in [3.8, 4) is 0 Å². The summed E-state index contributed by atoms with van der Waals surface area (Å²) in [6, 6.07) is 8.65. The predicted octanol–water partition coefficient (Wildman–Crippen LogP) is 1.64. The molecule has 17 heavy (non-hydrogen) atoms. The van der Waals surface area contributed by atoms with Crippen molar-refractivity contribution in [2.45, 2.75) is 19.6 Å². The molecule has 0 saturated heterocycles. The third-order valence-corrected chi connectivity index (χ3v) is 3.09. The Kier molecular flexibility index (Phi) is 2.57. The van der Waals surface area contributed by atoms with E-state index in [4.69, 9.17) is 0 Å². The fraction of sp³-hybridized carbons (Fsp3) is 0.308. The number of fused-ring (bicyclic) bond motifs is 1. The Hall–Kier alpha value is -1.81. The Morgan fingerprint density at radius 2 is 2.18 bits per heavy atom. The van der Waals surface area contributed by atoms with E-state index >= 15 is 0 Å². The van der Waals surface area contributed by atoms with E-state index in [1.165, 1.54) is 16.7 Å². The largest absolute Gasteiger partial charge is 0.365 e. The van der Waals surface area contributed by atoms with Crippen LogP contribution in [-0.2, 0) is 26.7 Å². The molecule has 4 heteroatoms. The minimum Gasteiger partial charge on any atom is -0.365 e. The van der Waals surface area contributed by atoms with Crippen LogP contribution in [0.25, 0.3) is 0 Å². The van der Waals surface area contributed by atoms with Crippen LogP contribution in [-0.4, -0.2) is 9.78 Å². The zero-order valence-electron chi connectivity index (χ0n) is 9.90. The maximum absolute atomic E-state index is 4.29. The molecule has 0 atom stereocenters. The fourth-order valence-electron chi connectivity index (χ4n) is 2.16. The summed E-state index contributed by atoms with van der Waals surface area (Å²) in [5, 5.41) is 11.0. The molecule has 0 fully saturated rings. The zero-order valence-corrected chi connectivity index (χ0v) is 9.90. The first-order valence-electron chi connectivity index (χ1n) is 5.86. The van der Waals surface area contributed by atoms with Crippen molar-refractivity contribution in [3.05, 3.63) is 47.2 Å². The standard InChI is InChI=1S/C13H16N4/c1-17-5-4-13(16-17)15-7-10-2-3-11-8-14-9-12(11)6-10/h2-6,14H,7-9H2,1H3,(H,15,16). The minimum atomic E-state index is 0.824. The first kappa shape index (κ1) is 10.4. The molecule has 0 saturated carbocycles. The molecular weight excluding hydrogens is 212 g/mol. The second-order valence-electron chi connectivity index (χ2n) is 4.43. The van der Waals surface area contributed by atoms with Gasteiger partial charge in [-0.2, -0.15) is 5.10 Å². The van der Waals surface area contributed by atoms with E-state index in [2.05, 4.69) is 33.9 Å².